The van der Waals surface area contributed by atoms with Crippen molar-refractivity contribution in [1.82, 2.24) is 0 Å². The van der Waals surface area contributed by atoms with Gasteiger partial charge in [-0.2, -0.15) is 0 Å². The number of benzene rings is 2. The molecule has 3 nitrogen and oxygen atoms in total. The van der Waals surface area contributed by atoms with Crippen molar-refractivity contribution in [3.8, 4) is 0 Å². The molecule has 0 amide bonds. The Morgan fingerprint density at radius 3 is 2.17 bits per heavy atom. The van der Waals surface area contributed by atoms with Gasteiger partial charge in [0.1, 0.15) is 0 Å². The molecule has 2 aromatic rings. The molecule has 2 aromatic carbocycles. The van der Waals surface area contributed by atoms with E-state index in [1.54, 1.807) is 24.3 Å². The number of ether oxygens (including phenoxy) is 1. The van der Waals surface area contributed by atoms with Crippen molar-refractivity contribution >= 4 is 11.6 Å². The first-order valence-corrected chi connectivity index (χ1v) is 7.81. The average molecular weight is 304 g/mol. The predicted molar refractivity (Wildman–Crippen MR) is 86.5 cm³/mol. The molecule has 0 N–H and O–H groups in total. The molecular formula is C20H16O3. The zero-order valence-electron chi connectivity index (χ0n) is 12.8. The molecule has 0 saturated carbocycles. The summed E-state index contributed by atoms with van der Waals surface area (Å²) < 4.78 is 5.79. The van der Waals surface area contributed by atoms with E-state index in [1.807, 2.05) is 37.3 Å². The zero-order valence-corrected chi connectivity index (χ0v) is 12.8. The Bertz CT molecular complexity index is 833. The minimum atomic E-state index is -0.178. The van der Waals surface area contributed by atoms with Crippen molar-refractivity contribution < 1.29 is 14.3 Å². The van der Waals surface area contributed by atoms with E-state index in [0.717, 1.165) is 5.56 Å². The van der Waals surface area contributed by atoms with Gasteiger partial charge in [0.2, 0.25) is 5.78 Å². The second-order valence-corrected chi connectivity index (χ2v) is 6.07. The molecule has 0 saturated heterocycles. The molecular weight excluding hydrogens is 288 g/mol. The van der Waals surface area contributed by atoms with E-state index in [2.05, 4.69) is 0 Å². The largest absolute Gasteiger partial charge is 0.486 e. The number of hydrogen-bond donors (Lipinski definition) is 0. The highest BCUT2D eigenvalue weighted by Crippen LogP contribution is 2.42. The first kappa shape index (κ1) is 13.9. The Morgan fingerprint density at radius 2 is 1.48 bits per heavy atom. The quantitative estimate of drug-likeness (QED) is 0.802. The molecule has 1 heterocycles. The van der Waals surface area contributed by atoms with Crippen LogP contribution < -0.4 is 0 Å². The van der Waals surface area contributed by atoms with Gasteiger partial charge in [-0.1, -0.05) is 54.6 Å². The third kappa shape index (κ3) is 2.12. The summed E-state index contributed by atoms with van der Waals surface area (Å²) >= 11 is 0. The lowest BCUT2D eigenvalue weighted by Crippen LogP contribution is -2.33. The van der Waals surface area contributed by atoms with Crippen LogP contribution in [0, 0.1) is 0 Å². The van der Waals surface area contributed by atoms with Crippen LogP contribution in [0.15, 0.2) is 65.9 Å². The number of fused-ring (bicyclic) bond motifs is 1. The molecule has 2 aliphatic rings. The van der Waals surface area contributed by atoms with Crippen LogP contribution in [-0.2, 0) is 4.74 Å². The minimum absolute atomic E-state index is 0.0871. The highest BCUT2D eigenvalue weighted by atomic mass is 16.5. The molecule has 114 valence electrons. The highest BCUT2D eigenvalue weighted by Gasteiger charge is 2.41. The molecule has 4 rings (SSSR count). The Labute approximate surface area is 134 Å². The average Bonchev–Trinajstić information content (AvgIpc) is 2.59. The monoisotopic (exact) mass is 304 g/mol. The van der Waals surface area contributed by atoms with E-state index in [9.17, 15) is 9.59 Å². The second kappa shape index (κ2) is 5.20. The van der Waals surface area contributed by atoms with E-state index in [1.165, 1.54) is 0 Å². The number of allylic oxidation sites excluding steroid dienone is 2. The molecule has 0 fully saturated rings. The van der Waals surface area contributed by atoms with Crippen molar-refractivity contribution in [3.05, 3.63) is 82.6 Å². The summed E-state index contributed by atoms with van der Waals surface area (Å²) in [7, 11) is 0. The lowest BCUT2D eigenvalue weighted by molar-refractivity contribution is 0.0648. The van der Waals surface area contributed by atoms with Crippen molar-refractivity contribution in [2.75, 3.05) is 0 Å². The molecule has 23 heavy (non-hydrogen) atoms. The highest BCUT2D eigenvalue weighted by molar-refractivity contribution is 6.26. The molecule has 1 aliphatic carbocycles. The van der Waals surface area contributed by atoms with Gasteiger partial charge < -0.3 is 4.74 Å². The fraction of sp³-hybridized carbons (Fsp3) is 0.200. The summed E-state index contributed by atoms with van der Waals surface area (Å²) in [5.74, 6) is -0.125. The van der Waals surface area contributed by atoms with E-state index in [4.69, 9.17) is 4.74 Å². The molecule has 1 aliphatic heterocycles. The maximum absolute atomic E-state index is 13.0. The lowest BCUT2D eigenvalue weighted by atomic mass is 9.76. The summed E-state index contributed by atoms with van der Waals surface area (Å²) in [6.45, 7) is 1.94. The van der Waals surface area contributed by atoms with Crippen molar-refractivity contribution in [1.29, 1.82) is 0 Å². The van der Waals surface area contributed by atoms with Crippen LogP contribution >= 0.6 is 0 Å². The topological polar surface area (TPSA) is 43.4 Å². The van der Waals surface area contributed by atoms with E-state index < -0.39 is 0 Å². The normalized spacial score (nSPS) is 23.2. The van der Waals surface area contributed by atoms with Gasteiger partial charge in [-0.05, 0) is 18.9 Å². The van der Waals surface area contributed by atoms with Gasteiger partial charge in [0, 0.05) is 17.0 Å². The SMILES string of the molecule is CC1CC(c2ccccc2)C2=C(O1)C(=O)c1ccccc1C2=O. The number of rotatable bonds is 1. The smallest absolute Gasteiger partial charge is 0.228 e. The Morgan fingerprint density at radius 1 is 0.870 bits per heavy atom. The molecule has 0 spiro atoms. The van der Waals surface area contributed by atoms with Gasteiger partial charge in [-0.15, -0.1) is 0 Å². The molecule has 2 atom stereocenters. The standard InChI is InChI=1S/C20H16O3/c1-12-11-16(13-7-3-2-4-8-13)17-18(21)14-9-5-6-10-15(14)19(22)20(17)23-12/h2-10,12,16H,11H2,1H3. The summed E-state index contributed by atoms with van der Waals surface area (Å²) in [4.78, 5) is 25.8. The van der Waals surface area contributed by atoms with E-state index >= 15 is 0 Å². The number of carbonyl (C=O) groups is 2. The predicted octanol–water partition coefficient (Wildman–Crippen LogP) is 3.91. The van der Waals surface area contributed by atoms with Gasteiger partial charge in [0.25, 0.3) is 0 Å². The van der Waals surface area contributed by atoms with Gasteiger partial charge in [0.05, 0.1) is 11.7 Å². The molecule has 0 bridgehead atoms. The number of Topliss-reactive ketones (excluding diaryl/α,β-unsaturated/α-hetero) is 2. The maximum Gasteiger partial charge on any atom is 0.228 e. The molecule has 0 radical (unpaired) electrons. The van der Waals surface area contributed by atoms with E-state index in [-0.39, 0.29) is 29.3 Å². The van der Waals surface area contributed by atoms with Gasteiger partial charge in [0.15, 0.2) is 11.5 Å². The van der Waals surface area contributed by atoms with Gasteiger partial charge >= 0.3 is 0 Å². The van der Waals surface area contributed by atoms with Crippen LogP contribution in [0.1, 0.15) is 45.5 Å². The zero-order chi connectivity index (χ0) is 16.0. The van der Waals surface area contributed by atoms with Crippen LogP contribution in [0.5, 0.6) is 0 Å². The molecule has 0 aromatic heterocycles. The first-order chi connectivity index (χ1) is 11.2. The summed E-state index contributed by atoms with van der Waals surface area (Å²) in [5, 5.41) is 0. The Kier molecular flexibility index (Phi) is 3.15. The van der Waals surface area contributed by atoms with Gasteiger partial charge in [-0.3, -0.25) is 9.59 Å². The van der Waals surface area contributed by atoms with Crippen molar-refractivity contribution in [2.45, 2.75) is 25.4 Å². The number of carbonyl (C=O) groups excluding carboxylic acids is 2. The maximum atomic E-state index is 13.0. The molecule has 2 unspecified atom stereocenters. The van der Waals surface area contributed by atoms with Crippen LogP contribution in [0.25, 0.3) is 0 Å². The molecule has 3 heteroatoms. The number of ketones is 2. The fourth-order valence-electron chi connectivity index (χ4n) is 3.49. The first-order valence-electron chi connectivity index (χ1n) is 7.81. The Hall–Kier alpha value is -2.68. The third-order valence-corrected chi connectivity index (χ3v) is 4.55. The second-order valence-electron chi connectivity index (χ2n) is 6.07. The van der Waals surface area contributed by atoms with E-state index in [0.29, 0.717) is 23.1 Å². The third-order valence-electron chi connectivity index (χ3n) is 4.55. The van der Waals surface area contributed by atoms with Crippen molar-refractivity contribution in [3.63, 3.8) is 0 Å². The van der Waals surface area contributed by atoms with Crippen LogP contribution in [0.3, 0.4) is 0 Å². The Balaban J connectivity index is 1.91. The summed E-state index contributed by atoms with van der Waals surface area (Å²) in [6.07, 6.45) is 0.602. The van der Waals surface area contributed by atoms with Crippen molar-refractivity contribution in [2.24, 2.45) is 0 Å². The van der Waals surface area contributed by atoms with Crippen LogP contribution in [0.2, 0.25) is 0 Å². The van der Waals surface area contributed by atoms with Gasteiger partial charge in [-0.25, -0.2) is 0 Å². The summed E-state index contributed by atoms with van der Waals surface area (Å²) in [5.41, 5.74) is 2.49. The fourth-order valence-corrected chi connectivity index (χ4v) is 3.49. The minimum Gasteiger partial charge on any atom is -0.486 e. The summed E-state index contributed by atoms with van der Waals surface area (Å²) in [6, 6.07) is 16.9. The lowest BCUT2D eigenvalue weighted by Gasteiger charge is -2.34. The van der Waals surface area contributed by atoms with Crippen LogP contribution in [0.4, 0.5) is 0 Å². The van der Waals surface area contributed by atoms with Crippen LogP contribution in [-0.4, -0.2) is 17.7 Å². The number of hydrogen-bond acceptors (Lipinski definition) is 3.